The van der Waals surface area contributed by atoms with Gasteiger partial charge in [0.2, 0.25) is 5.91 Å². The van der Waals surface area contributed by atoms with Gasteiger partial charge in [0.25, 0.3) is 5.19 Å². The summed E-state index contributed by atoms with van der Waals surface area (Å²) in [5, 5.41) is 2.88. The summed E-state index contributed by atoms with van der Waals surface area (Å²) >= 11 is 1.02. The molecule has 1 aliphatic carbocycles. The maximum atomic E-state index is 12.6. The average Bonchev–Trinajstić information content (AvgIpc) is 3.19. The number of nitrogens with zero attached hydrogens (tertiary/aromatic N) is 2. The molecule has 1 amide bonds. The van der Waals surface area contributed by atoms with Crippen LogP contribution in [0.2, 0.25) is 0 Å². The molecule has 1 saturated carbocycles. The van der Waals surface area contributed by atoms with Crippen LogP contribution in [-0.4, -0.2) is 33.6 Å². The zero-order valence-electron chi connectivity index (χ0n) is 15.7. The van der Waals surface area contributed by atoms with E-state index in [9.17, 15) is 18.0 Å². The van der Waals surface area contributed by atoms with E-state index in [1.54, 1.807) is 13.8 Å². The lowest BCUT2D eigenvalue weighted by molar-refractivity contribution is -0.153. The highest BCUT2D eigenvalue weighted by Crippen LogP contribution is 2.47. The molecular formula is C19H19F3N4O2S. The van der Waals surface area contributed by atoms with Crippen LogP contribution in [0.5, 0.6) is 5.19 Å². The second kappa shape index (κ2) is 7.33. The number of aryl methyl sites for hydroxylation is 1. The van der Waals surface area contributed by atoms with Crippen molar-refractivity contribution in [3.8, 4) is 5.19 Å². The summed E-state index contributed by atoms with van der Waals surface area (Å²) in [6.45, 7) is 2.08. The number of benzene rings is 1. The molecule has 6 nitrogen and oxygen atoms in total. The van der Waals surface area contributed by atoms with E-state index in [2.05, 4.69) is 20.3 Å². The average molecular weight is 424 g/mol. The van der Waals surface area contributed by atoms with Crippen molar-refractivity contribution >= 4 is 28.3 Å². The van der Waals surface area contributed by atoms with Gasteiger partial charge in [0, 0.05) is 11.8 Å². The van der Waals surface area contributed by atoms with Crippen LogP contribution in [0.4, 0.5) is 13.2 Å². The Labute approximate surface area is 168 Å². The van der Waals surface area contributed by atoms with Crippen molar-refractivity contribution in [1.82, 2.24) is 20.3 Å². The first-order valence-corrected chi connectivity index (χ1v) is 9.95. The van der Waals surface area contributed by atoms with E-state index in [0.717, 1.165) is 28.2 Å². The van der Waals surface area contributed by atoms with Gasteiger partial charge in [-0.25, -0.2) is 9.97 Å². The molecule has 2 heterocycles. The third kappa shape index (κ3) is 4.36. The highest BCUT2D eigenvalue weighted by Gasteiger charge is 2.46. The van der Waals surface area contributed by atoms with Crippen LogP contribution in [0.15, 0.2) is 24.3 Å². The Kier molecular flexibility index (Phi) is 4.97. The van der Waals surface area contributed by atoms with Gasteiger partial charge in [0.05, 0.1) is 27.6 Å². The van der Waals surface area contributed by atoms with Crippen LogP contribution in [0, 0.1) is 12.8 Å². The van der Waals surface area contributed by atoms with Crippen LogP contribution in [-0.2, 0) is 4.79 Å². The van der Waals surface area contributed by atoms with Gasteiger partial charge < -0.3 is 15.0 Å². The van der Waals surface area contributed by atoms with Gasteiger partial charge >= 0.3 is 6.18 Å². The van der Waals surface area contributed by atoms with Gasteiger partial charge in [-0.1, -0.05) is 23.5 Å². The molecule has 4 rings (SSSR count). The quantitative estimate of drug-likeness (QED) is 0.620. The Morgan fingerprint density at radius 1 is 1.38 bits per heavy atom. The number of alkyl halides is 3. The van der Waals surface area contributed by atoms with Gasteiger partial charge in [0.1, 0.15) is 5.82 Å². The number of para-hydroxylation sites is 2. The molecule has 1 aliphatic rings. The van der Waals surface area contributed by atoms with Gasteiger partial charge in [-0.05, 0) is 32.4 Å². The third-order valence-corrected chi connectivity index (χ3v) is 6.06. The topological polar surface area (TPSA) is 79.9 Å². The lowest BCUT2D eigenvalue weighted by Gasteiger charge is -2.12. The SMILES string of the molecule is Cc1nc(OCC(F)(F)F)sc1C(C)NC(=O)[C@H]1C[C@@H]1c1nc2ccccc2[nH]1. The summed E-state index contributed by atoms with van der Waals surface area (Å²) in [7, 11) is 0. The fraction of sp³-hybridized carbons (Fsp3) is 0.421. The number of H-pyrrole nitrogens is 1. The van der Waals surface area contributed by atoms with E-state index in [1.807, 2.05) is 24.3 Å². The minimum absolute atomic E-state index is 0.0443. The Morgan fingerprint density at radius 3 is 2.86 bits per heavy atom. The molecule has 10 heteroatoms. The Balaban J connectivity index is 1.37. The molecular weight excluding hydrogens is 405 g/mol. The number of ether oxygens (including phenoxy) is 1. The number of thiazole rings is 1. The smallest absolute Gasteiger partial charge is 0.422 e. The Hall–Kier alpha value is -2.62. The molecule has 29 heavy (non-hydrogen) atoms. The monoisotopic (exact) mass is 424 g/mol. The van der Waals surface area contributed by atoms with Crippen molar-refractivity contribution in [2.75, 3.05) is 6.61 Å². The van der Waals surface area contributed by atoms with E-state index in [4.69, 9.17) is 4.74 Å². The van der Waals surface area contributed by atoms with E-state index in [-0.39, 0.29) is 29.0 Å². The van der Waals surface area contributed by atoms with Crippen molar-refractivity contribution in [2.45, 2.75) is 38.4 Å². The molecule has 1 fully saturated rings. The predicted octanol–water partition coefficient (Wildman–Crippen LogP) is 4.25. The molecule has 0 bridgehead atoms. The number of aromatic amines is 1. The molecule has 1 unspecified atom stereocenters. The number of amides is 1. The maximum absolute atomic E-state index is 12.6. The molecule has 2 N–H and O–H groups in total. The fourth-order valence-corrected chi connectivity index (χ4v) is 4.23. The number of hydrogen-bond acceptors (Lipinski definition) is 5. The zero-order valence-corrected chi connectivity index (χ0v) is 16.5. The van der Waals surface area contributed by atoms with Gasteiger partial charge in [-0.3, -0.25) is 4.79 Å². The summed E-state index contributed by atoms with van der Waals surface area (Å²) in [6, 6.07) is 7.32. The van der Waals surface area contributed by atoms with E-state index < -0.39 is 12.8 Å². The number of aromatic nitrogens is 3. The molecule has 0 radical (unpaired) electrons. The summed E-state index contributed by atoms with van der Waals surface area (Å²) in [6.07, 6.45) is -3.71. The number of carbonyl (C=O) groups is 1. The number of imidazole rings is 1. The lowest BCUT2D eigenvalue weighted by atomic mass is 10.2. The minimum atomic E-state index is -4.42. The number of nitrogens with one attached hydrogen (secondary N) is 2. The van der Waals surface area contributed by atoms with Crippen LogP contribution >= 0.6 is 11.3 Å². The Morgan fingerprint density at radius 2 is 2.14 bits per heavy atom. The molecule has 0 spiro atoms. The second-order valence-electron chi connectivity index (χ2n) is 7.15. The number of rotatable bonds is 6. The largest absolute Gasteiger partial charge is 0.460 e. The van der Waals surface area contributed by atoms with Crippen molar-refractivity contribution in [3.05, 3.63) is 40.7 Å². The van der Waals surface area contributed by atoms with Crippen LogP contribution in [0.1, 0.15) is 41.7 Å². The van der Waals surface area contributed by atoms with E-state index in [1.165, 1.54) is 0 Å². The van der Waals surface area contributed by atoms with Crippen LogP contribution in [0.3, 0.4) is 0 Å². The van der Waals surface area contributed by atoms with Gasteiger partial charge in [-0.15, -0.1) is 0 Å². The first-order valence-electron chi connectivity index (χ1n) is 9.13. The number of carbonyl (C=O) groups excluding carboxylic acids is 1. The number of fused-ring (bicyclic) bond motifs is 1. The predicted molar refractivity (Wildman–Crippen MR) is 102 cm³/mol. The molecule has 3 aromatic rings. The molecule has 3 atom stereocenters. The van der Waals surface area contributed by atoms with Crippen LogP contribution in [0.25, 0.3) is 11.0 Å². The van der Waals surface area contributed by atoms with Crippen molar-refractivity contribution in [3.63, 3.8) is 0 Å². The maximum Gasteiger partial charge on any atom is 0.422 e. The highest BCUT2D eigenvalue weighted by atomic mass is 32.1. The first kappa shape index (κ1) is 19.7. The van der Waals surface area contributed by atoms with Crippen molar-refractivity contribution in [1.29, 1.82) is 0 Å². The van der Waals surface area contributed by atoms with Crippen molar-refractivity contribution in [2.24, 2.45) is 5.92 Å². The van der Waals surface area contributed by atoms with E-state index in [0.29, 0.717) is 17.0 Å². The standard InChI is InChI=1S/C19H19F3N4O2S/c1-9(15-10(2)24-18(29-15)28-8-19(20,21)22)23-17(27)12-7-11(12)16-25-13-5-3-4-6-14(13)26-16/h3-6,9,11-12H,7-8H2,1-2H3,(H,23,27)(H,25,26)/t9?,11-,12-/m0/s1. The summed E-state index contributed by atoms with van der Waals surface area (Å²) < 4.78 is 41.6. The third-order valence-electron chi connectivity index (χ3n) is 4.81. The summed E-state index contributed by atoms with van der Waals surface area (Å²) in [5.41, 5.74) is 2.35. The molecule has 2 aromatic heterocycles. The van der Waals surface area contributed by atoms with Gasteiger partial charge in [0.15, 0.2) is 6.61 Å². The number of halogens is 3. The second-order valence-corrected chi connectivity index (χ2v) is 8.14. The van der Waals surface area contributed by atoms with E-state index >= 15 is 0 Å². The van der Waals surface area contributed by atoms with Crippen LogP contribution < -0.4 is 10.1 Å². The molecule has 0 saturated heterocycles. The first-order chi connectivity index (χ1) is 13.7. The molecule has 0 aliphatic heterocycles. The lowest BCUT2D eigenvalue weighted by Crippen LogP contribution is -2.28. The summed E-state index contributed by atoms with van der Waals surface area (Å²) in [5.74, 6) is 0.569. The van der Waals surface area contributed by atoms with Gasteiger partial charge in [-0.2, -0.15) is 13.2 Å². The molecule has 1 aromatic carbocycles. The normalized spacial score (nSPS) is 19.9. The Bertz CT molecular complexity index is 1010. The zero-order chi connectivity index (χ0) is 20.8. The molecule has 154 valence electrons. The fourth-order valence-electron chi connectivity index (χ4n) is 3.31. The minimum Gasteiger partial charge on any atom is -0.460 e. The highest BCUT2D eigenvalue weighted by molar-refractivity contribution is 7.13. The summed E-state index contributed by atoms with van der Waals surface area (Å²) in [4.78, 5) is 25.1. The number of hydrogen-bond donors (Lipinski definition) is 2. The van der Waals surface area contributed by atoms with Crippen molar-refractivity contribution < 1.29 is 22.7 Å².